The van der Waals surface area contributed by atoms with Crippen LogP contribution in [0.4, 0.5) is 14.5 Å². The van der Waals surface area contributed by atoms with Gasteiger partial charge >= 0.3 is 0 Å². The lowest BCUT2D eigenvalue weighted by atomic mass is 10.1. The molecule has 0 saturated carbocycles. The Balaban J connectivity index is 1.23. The third-order valence-corrected chi connectivity index (χ3v) is 6.58. The van der Waals surface area contributed by atoms with Crippen LogP contribution in [-0.4, -0.2) is 41.9 Å². The van der Waals surface area contributed by atoms with Crippen LogP contribution in [0.25, 0.3) is 0 Å². The largest absolute Gasteiger partial charge is 0.455 e. The Morgan fingerprint density at radius 1 is 0.730 bits per heavy atom. The molecule has 5 nitrogen and oxygen atoms in total. The van der Waals surface area contributed by atoms with Crippen molar-refractivity contribution in [3.8, 4) is 0 Å². The first-order valence-electron chi connectivity index (χ1n) is 12.4. The number of para-hydroxylation sites is 1. The predicted octanol–water partition coefficient (Wildman–Crippen LogP) is 5.72. The van der Waals surface area contributed by atoms with Gasteiger partial charge in [0.05, 0.1) is 12.2 Å². The van der Waals surface area contributed by atoms with E-state index < -0.39 is 0 Å². The molecule has 3 aromatic carbocycles. The summed E-state index contributed by atoms with van der Waals surface area (Å²) in [7, 11) is 0. The van der Waals surface area contributed by atoms with E-state index in [0.29, 0.717) is 63.0 Å². The van der Waals surface area contributed by atoms with Crippen LogP contribution in [0.2, 0.25) is 0 Å². The van der Waals surface area contributed by atoms with Crippen molar-refractivity contribution in [2.24, 2.45) is 0 Å². The SMILES string of the molecule is O=C(c1ccc(CN(Cc2ccccc2)Cc2ccc(F)cc2)o1)N1CCN(c2ccccc2F)CC1. The maximum Gasteiger partial charge on any atom is 0.289 e. The molecule has 0 bridgehead atoms. The van der Waals surface area contributed by atoms with Crippen LogP contribution in [0.15, 0.2) is 95.4 Å². The summed E-state index contributed by atoms with van der Waals surface area (Å²) in [5.41, 5.74) is 2.71. The minimum Gasteiger partial charge on any atom is -0.455 e. The second-order valence-electron chi connectivity index (χ2n) is 9.25. The highest BCUT2D eigenvalue weighted by atomic mass is 19.1. The highest BCUT2D eigenvalue weighted by molar-refractivity contribution is 5.91. The molecule has 1 aliphatic heterocycles. The molecule has 0 radical (unpaired) electrons. The summed E-state index contributed by atoms with van der Waals surface area (Å²) in [6.45, 7) is 3.89. The lowest BCUT2D eigenvalue weighted by molar-refractivity contribution is 0.0710. The number of nitrogens with zero attached hydrogens (tertiary/aromatic N) is 3. The van der Waals surface area contributed by atoms with Gasteiger partial charge in [0.15, 0.2) is 5.76 Å². The van der Waals surface area contributed by atoms with Crippen molar-refractivity contribution in [2.75, 3.05) is 31.1 Å². The Hall–Kier alpha value is -3.97. The molecule has 1 aromatic heterocycles. The fourth-order valence-corrected chi connectivity index (χ4v) is 4.67. The summed E-state index contributed by atoms with van der Waals surface area (Å²) in [4.78, 5) is 19.0. The Kier molecular flexibility index (Phi) is 7.61. The van der Waals surface area contributed by atoms with Crippen LogP contribution < -0.4 is 4.90 Å². The summed E-state index contributed by atoms with van der Waals surface area (Å²) >= 11 is 0. The fourth-order valence-electron chi connectivity index (χ4n) is 4.67. The van der Waals surface area contributed by atoms with Crippen LogP contribution in [0, 0.1) is 11.6 Å². The van der Waals surface area contributed by atoms with Crippen molar-refractivity contribution in [1.29, 1.82) is 0 Å². The molecule has 0 unspecified atom stereocenters. The molecular weight excluding hydrogens is 472 g/mol. The van der Waals surface area contributed by atoms with Gasteiger partial charge in [0.1, 0.15) is 17.4 Å². The van der Waals surface area contributed by atoms with Crippen LogP contribution in [0.3, 0.4) is 0 Å². The highest BCUT2D eigenvalue weighted by Gasteiger charge is 2.25. The number of hydrogen-bond donors (Lipinski definition) is 0. The van der Waals surface area contributed by atoms with Gasteiger partial charge in [-0.1, -0.05) is 54.6 Å². The summed E-state index contributed by atoms with van der Waals surface area (Å²) in [6.07, 6.45) is 0. The number of halogens is 2. The molecule has 0 N–H and O–H groups in total. The first-order valence-corrected chi connectivity index (χ1v) is 12.4. The van der Waals surface area contributed by atoms with Gasteiger partial charge in [-0.05, 0) is 47.5 Å². The van der Waals surface area contributed by atoms with E-state index in [2.05, 4.69) is 17.0 Å². The first-order chi connectivity index (χ1) is 18.0. The van der Waals surface area contributed by atoms with Gasteiger partial charge in [-0.15, -0.1) is 0 Å². The van der Waals surface area contributed by atoms with Gasteiger partial charge in [0.2, 0.25) is 0 Å². The maximum absolute atomic E-state index is 14.1. The topological polar surface area (TPSA) is 39.9 Å². The van der Waals surface area contributed by atoms with Crippen molar-refractivity contribution < 1.29 is 18.0 Å². The molecule has 5 rings (SSSR count). The number of furan rings is 1. The number of benzene rings is 3. The van der Waals surface area contributed by atoms with Crippen LogP contribution in [0.5, 0.6) is 0 Å². The normalized spacial score (nSPS) is 13.8. The predicted molar refractivity (Wildman–Crippen MR) is 139 cm³/mol. The van der Waals surface area contributed by atoms with Crippen molar-refractivity contribution in [3.63, 3.8) is 0 Å². The van der Waals surface area contributed by atoms with Crippen LogP contribution in [0.1, 0.15) is 27.4 Å². The zero-order chi connectivity index (χ0) is 25.6. The number of carbonyl (C=O) groups excluding carboxylic acids is 1. The monoisotopic (exact) mass is 501 g/mol. The molecule has 7 heteroatoms. The summed E-state index contributed by atoms with van der Waals surface area (Å²) in [6, 6.07) is 26.9. The fraction of sp³-hybridized carbons (Fsp3) is 0.233. The molecule has 1 fully saturated rings. The number of hydrogen-bond acceptors (Lipinski definition) is 4. The van der Waals surface area contributed by atoms with Crippen LogP contribution >= 0.6 is 0 Å². The molecule has 37 heavy (non-hydrogen) atoms. The van der Waals surface area contributed by atoms with E-state index in [1.165, 1.54) is 18.2 Å². The number of anilines is 1. The number of carbonyl (C=O) groups is 1. The van der Waals surface area contributed by atoms with Gasteiger partial charge in [-0.2, -0.15) is 0 Å². The van der Waals surface area contributed by atoms with Crippen molar-refractivity contribution >= 4 is 11.6 Å². The molecule has 0 aliphatic carbocycles. The molecule has 1 aliphatic rings. The smallest absolute Gasteiger partial charge is 0.289 e. The molecule has 1 saturated heterocycles. The Morgan fingerprint density at radius 2 is 1.38 bits per heavy atom. The number of amides is 1. The Labute approximate surface area is 215 Å². The molecule has 4 aromatic rings. The second kappa shape index (κ2) is 11.4. The van der Waals surface area contributed by atoms with E-state index in [4.69, 9.17) is 4.42 Å². The van der Waals surface area contributed by atoms with Gasteiger partial charge < -0.3 is 14.2 Å². The highest BCUT2D eigenvalue weighted by Crippen LogP contribution is 2.22. The summed E-state index contributed by atoms with van der Waals surface area (Å²) in [5.74, 6) is 0.315. The zero-order valence-electron chi connectivity index (χ0n) is 20.5. The van der Waals surface area contributed by atoms with E-state index in [1.54, 1.807) is 35.2 Å². The number of piperazine rings is 1. The molecule has 0 spiro atoms. The van der Waals surface area contributed by atoms with Gasteiger partial charge in [-0.25, -0.2) is 8.78 Å². The van der Waals surface area contributed by atoms with Crippen LogP contribution in [-0.2, 0) is 19.6 Å². The third kappa shape index (κ3) is 6.24. The molecular formula is C30H29F2N3O2. The minimum absolute atomic E-state index is 0.160. The average molecular weight is 502 g/mol. The van der Waals surface area contributed by atoms with Gasteiger partial charge in [0, 0.05) is 39.3 Å². The maximum atomic E-state index is 14.1. The quantitative estimate of drug-likeness (QED) is 0.310. The average Bonchev–Trinajstić information content (AvgIpc) is 3.39. The third-order valence-electron chi connectivity index (χ3n) is 6.58. The standard InChI is InChI=1S/C30H29F2N3O2/c31-25-12-10-24(11-13-25)21-33(20-23-6-2-1-3-7-23)22-26-14-15-29(37-26)30(36)35-18-16-34(17-19-35)28-9-5-4-8-27(28)32/h1-15H,16-22H2. The number of rotatable bonds is 8. The zero-order valence-corrected chi connectivity index (χ0v) is 20.5. The van der Waals surface area contributed by atoms with Crippen molar-refractivity contribution in [2.45, 2.75) is 19.6 Å². The molecule has 2 heterocycles. The molecule has 0 atom stereocenters. The summed E-state index contributed by atoms with van der Waals surface area (Å²) < 4.78 is 33.5. The van der Waals surface area contributed by atoms with Gasteiger partial charge in [0.25, 0.3) is 5.91 Å². The molecule has 1 amide bonds. The molecule has 190 valence electrons. The second-order valence-corrected chi connectivity index (χ2v) is 9.25. The van der Waals surface area contributed by atoms with E-state index in [0.717, 1.165) is 11.1 Å². The van der Waals surface area contributed by atoms with Gasteiger partial charge in [-0.3, -0.25) is 9.69 Å². The lowest BCUT2D eigenvalue weighted by Gasteiger charge is -2.35. The Morgan fingerprint density at radius 3 is 2.08 bits per heavy atom. The van der Waals surface area contributed by atoms with E-state index in [-0.39, 0.29) is 17.5 Å². The van der Waals surface area contributed by atoms with E-state index in [9.17, 15) is 13.6 Å². The Bertz CT molecular complexity index is 1320. The van der Waals surface area contributed by atoms with E-state index in [1.807, 2.05) is 35.2 Å². The van der Waals surface area contributed by atoms with E-state index >= 15 is 0 Å². The summed E-state index contributed by atoms with van der Waals surface area (Å²) in [5, 5.41) is 0. The van der Waals surface area contributed by atoms with Crippen molar-refractivity contribution in [3.05, 3.63) is 125 Å². The van der Waals surface area contributed by atoms with Crippen molar-refractivity contribution in [1.82, 2.24) is 9.80 Å². The first kappa shape index (κ1) is 24.7. The minimum atomic E-state index is -0.262. The lowest BCUT2D eigenvalue weighted by Crippen LogP contribution is -2.49.